The van der Waals surface area contributed by atoms with E-state index in [1.54, 1.807) is 32.3 Å². The zero-order chi connectivity index (χ0) is 22.1. The van der Waals surface area contributed by atoms with Crippen molar-refractivity contribution in [3.8, 4) is 5.75 Å². The summed E-state index contributed by atoms with van der Waals surface area (Å²) in [5, 5.41) is 1.79. The number of ether oxygens (including phenoxy) is 1. The quantitative estimate of drug-likeness (QED) is 0.333. The van der Waals surface area contributed by atoms with Crippen LogP contribution in [-0.2, 0) is 16.1 Å². The third kappa shape index (κ3) is 4.06. The molecule has 3 aromatic rings. The second-order valence-electron chi connectivity index (χ2n) is 7.17. The van der Waals surface area contributed by atoms with E-state index in [1.165, 1.54) is 9.80 Å². The Bertz CT molecular complexity index is 1190. The van der Waals surface area contributed by atoms with E-state index in [-0.39, 0.29) is 10.7 Å². The van der Waals surface area contributed by atoms with Crippen LogP contribution in [0.5, 0.6) is 5.75 Å². The van der Waals surface area contributed by atoms with Crippen LogP contribution in [0.25, 0.3) is 17.0 Å². The number of para-hydroxylation sites is 1. The third-order valence-corrected chi connectivity index (χ3v) is 5.98. The minimum absolute atomic E-state index is 0.0823. The Labute approximate surface area is 190 Å². The zero-order valence-corrected chi connectivity index (χ0v) is 18.6. The van der Waals surface area contributed by atoms with Gasteiger partial charge in [0.1, 0.15) is 17.9 Å². The highest BCUT2D eigenvalue weighted by Gasteiger charge is 2.35. The molecule has 1 fully saturated rings. The van der Waals surface area contributed by atoms with Gasteiger partial charge >= 0.3 is 0 Å². The van der Waals surface area contributed by atoms with Crippen LogP contribution in [0, 0.1) is 0 Å². The number of nitrogens with zero attached hydrogens (tertiary/aromatic N) is 3. The van der Waals surface area contributed by atoms with Gasteiger partial charge in [-0.2, -0.15) is 0 Å². The highest BCUT2D eigenvalue weighted by molar-refractivity contribution is 7.80. The molecule has 2 heterocycles. The first-order valence-corrected chi connectivity index (χ1v) is 10.4. The normalized spacial score (nSPS) is 14.5. The van der Waals surface area contributed by atoms with Crippen molar-refractivity contribution in [2.45, 2.75) is 6.54 Å². The average molecular weight is 454 g/mol. The Balaban J connectivity index is 1.63. The Morgan fingerprint density at radius 1 is 1.00 bits per heavy atom. The van der Waals surface area contributed by atoms with Gasteiger partial charge in [-0.15, -0.1) is 0 Å². The fourth-order valence-corrected chi connectivity index (χ4v) is 3.79. The first-order valence-electron chi connectivity index (χ1n) is 9.65. The van der Waals surface area contributed by atoms with Crippen LogP contribution in [0.15, 0.2) is 60.3 Å². The number of hydrogen-bond donors (Lipinski definition) is 0. The summed E-state index contributed by atoms with van der Waals surface area (Å²) in [7, 11) is 3.14. The van der Waals surface area contributed by atoms with E-state index in [0.717, 1.165) is 22.2 Å². The van der Waals surface area contributed by atoms with E-state index in [0.29, 0.717) is 18.2 Å². The number of thiocarbonyl (C=S) groups is 1. The van der Waals surface area contributed by atoms with Crippen LogP contribution in [0.3, 0.4) is 0 Å². The number of hydrogen-bond acceptors (Lipinski definition) is 4. The molecule has 4 rings (SSSR count). The number of halogens is 1. The molecule has 1 aliphatic heterocycles. The maximum Gasteiger partial charge on any atom is 0.265 e. The van der Waals surface area contributed by atoms with Gasteiger partial charge in [0.25, 0.3) is 11.8 Å². The maximum atomic E-state index is 12.7. The predicted molar refractivity (Wildman–Crippen MR) is 125 cm³/mol. The van der Waals surface area contributed by atoms with Crippen LogP contribution in [0.1, 0.15) is 5.56 Å². The van der Waals surface area contributed by atoms with Gasteiger partial charge < -0.3 is 9.30 Å². The van der Waals surface area contributed by atoms with Gasteiger partial charge in [-0.3, -0.25) is 19.4 Å². The molecule has 0 bridgehead atoms. The van der Waals surface area contributed by atoms with Crippen molar-refractivity contribution >= 4 is 57.7 Å². The lowest BCUT2D eigenvalue weighted by atomic mass is 10.1. The van der Waals surface area contributed by atoms with E-state index in [9.17, 15) is 9.59 Å². The first-order chi connectivity index (χ1) is 14.9. The van der Waals surface area contributed by atoms with Crippen molar-refractivity contribution in [3.05, 3.63) is 70.9 Å². The van der Waals surface area contributed by atoms with Crippen LogP contribution in [0.4, 0.5) is 0 Å². The molecule has 158 valence electrons. The molecule has 0 unspecified atom stereocenters. The van der Waals surface area contributed by atoms with Crippen LogP contribution < -0.4 is 4.74 Å². The van der Waals surface area contributed by atoms with Crippen molar-refractivity contribution < 1.29 is 14.3 Å². The third-order valence-electron chi connectivity index (χ3n) is 5.18. The van der Waals surface area contributed by atoms with E-state index in [2.05, 4.69) is 0 Å². The summed E-state index contributed by atoms with van der Waals surface area (Å²) in [6.07, 6.45) is 3.56. The number of benzene rings is 2. The molecule has 0 atom stereocenters. The zero-order valence-electron chi connectivity index (χ0n) is 17.0. The fourth-order valence-electron chi connectivity index (χ4n) is 3.50. The van der Waals surface area contributed by atoms with Gasteiger partial charge in [0.05, 0.1) is 6.54 Å². The molecule has 0 aliphatic carbocycles. The number of rotatable bonds is 5. The van der Waals surface area contributed by atoms with Crippen LogP contribution in [-0.4, -0.2) is 52.0 Å². The van der Waals surface area contributed by atoms with Crippen molar-refractivity contribution in [1.82, 2.24) is 14.4 Å². The van der Waals surface area contributed by atoms with Gasteiger partial charge in [-0.05, 0) is 48.6 Å². The van der Waals surface area contributed by atoms with E-state index < -0.39 is 11.8 Å². The minimum Gasteiger partial charge on any atom is -0.492 e. The summed E-state index contributed by atoms with van der Waals surface area (Å²) in [5.41, 5.74) is 1.86. The summed E-state index contributed by atoms with van der Waals surface area (Å²) in [4.78, 5) is 28.0. The predicted octanol–water partition coefficient (Wildman–Crippen LogP) is 3.97. The van der Waals surface area contributed by atoms with E-state index in [4.69, 9.17) is 28.6 Å². The smallest absolute Gasteiger partial charge is 0.265 e. The SMILES string of the molecule is CN1C(=O)C(=Cc2cn(CCOc3ccc(Cl)cc3)c3ccccc23)C(=O)N(C)C1=S. The van der Waals surface area contributed by atoms with Crippen molar-refractivity contribution in [3.63, 3.8) is 0 Å². The lowest BCUT2D eigenvalue weighted by Crippen LogP contribution is -2.52. The number of likely N-dealkylation sites (N-methyl/N-ethyl adjacent to an activating group) is 2. The van der Waals surface area contributed by atoms with Crippen LogP contribution in [0.2, 0.25) is 5.02 Å². The van der Waals surface area contributed by atoms with Crippen molar-refractivity contribution in [1.29, 1.82) is 0 Å². The van der Waals surface area contributed by atoms with Crippen molar-refractivity contribution in [2.24, 2.45) is 0 Å². The molecule has 1 saturated heterocycles. The molecule has 6 nitrogen and oxygen atoms in total. The Hall–Kier alpha value is -3.16. The largest absolute Gasteiger partial charge is 0.492 e. The van der Waals surface area contributed by atoms with E-state index in [1.807, 2.05) is 47.2 Å². The summed E-state index contributed by atoms with van der Waals surface area (Å²) in [6, 6.07) is 15.1. The van der Waals surface area contributed by atoms with Gasteiger partial charge in [0, 0.05) is 41.8 Å². The second kappa shape index (κ2) is 8.53. The summed E-state index contributed by atoms with van der Waals surface area (Å²) in [6.45, 7) is 1.05. The average Bonchev–Trinajstić information content (AvgIpc) is 3.13. The molecular weight excluding hydrogens is 434 g/mol. The molecule has 1 aliphatic rings. The maximum absolute atomic E-state index is 12.7. The monoisotopic (exact) mass is 453 g/mol. The summed E-state index contributed by atoms with van der Waals surface area (Å²) in [5.74, 6) is -0.0735. The number of fused-ring (bicyclic) bond motifs is 1. The summed E-state index contributed by atoms with van der Waals surface area (Å²) < 4.78 is 7.87. The molecule has 0 radical (unpaired) electrons. The molecule has 1 aromatic heterocycles. The van der Waals surface area contributed by atoms with E-state index >= 15 is 0 Å². The Morgan fingerprint density at radius 3 is 2.32 bits per heavy atom. The lowest BCUT2D eigenvalue weighted by molar-refractivity contribution is -0.132. The fraction of sp³-hybridized carbons (Fsp3) is 0.174. The minimum atomic E-state index is -0.406. The highest BCUT2D eigenvalue weighted by Crippen LogP contribution is 2.26. The highest BCUT2D eigenvalue weighted by atomic mass is 35.5. The number of carbonyl (C=O) groups is 2. The van der Waals surface area contributed by atoms with Crippen molar-refractivity contribution in [2.75, 3.05) is 20.7 Å². The van der Waals surface area contributed by atoms with Gasteiger partial charge in [-0.1, -0.05) is 29.8 Å². The van der Waals surface area contributed by atoms with Crippen LogP contribution >= 0.6 is 23.8 Å². The molecule has 31 heavy (non-hydrogen) atoms. The first kappa shape index (κ1) is 21.1. The molecule has 2 amide bonds. The Morgan fingerprint density at radius 2 is 1.65 bits per heavy atom. The second-order valence-corrected chi connectivity index (χ2v) is 7.97. The molecule has 8 heteroatoms. The van der Waals surface area contributed by atoms with Gasteiger partial charge in [0.2, 0.25) is 0 Å². The molecule has 2 aromatic carbocycles. The molecule has 0 N–H and O–H groups in total. The summed E-state index contributed by atoms with van der Waals surface area (Å²) >= 11 is 11.1. The standard InChI is InChI=1S/C23H20ClN3O3S/c1-25-21(28)19(22(29)26(2)23(25)31)13-15-14-27(20-6-4-3-5-18(15)20)11-12-30-17-9-7-16(24)8-10-17/h3-10,13-14H,11-12H2,1-2H3. The molecular formula is C23H20ClN3O3S. The number of carbonyl (C=O) groups excluding carboxylic acids is 2. The molecule has 0 saturated carbocycles. The Kier molecular flexibility index (Phi) is 5.80. The molecule has 0 spiro atoms. The van der Waals surface area contributed by atoms with Gasteiger partial charge in [0.15, 0.2) is 5.11 Å². The lowest BCUT2D eigenvalue weighted by Gasteiger charge is -2.31. The topological polar surface area (TPSA) is 54.8 Å². The van der Waals surface area contributed by atoms with Gasteiger partial charge in [-0.25, -0.2) is 0 Å². The number of aromatic nitrogens is 1. The number of amides is 2.